The van der Waals surface area contributed by atoms with Gasteiger partial charge >= 0.3 is 0 Å². The zero-order valence-electron chi connectivity index (χ0n) is 37.7. The van der Waals surface area contributed by atoms with Crippen LogP contribution in [0.5, 0.6) is 0 Å². The maximum Gasteiger partial charge on any atom is 0.0737 e. The zero-order chi connectivity index (χ0) is 44.6. The highest BCUT2D eigenvalue weighted by Gasteiger charge is 2.53. The van der Waals surface area contributed by atoms with Gasteiger partial charge in [-0.15, -0.1) is 0 Å². The quantitative estimate of drug-likeness (QED) is 0.141. The van der Waals surface area contributed by atoms with Crippen molar-refractivity contribution in [3.63, 3.8) is 0 Å². The number of hydrogen-bond acceptors (Lipinski definition) is 2. The van der Waals surface area contributed by atoms with Crippen LogP contribution in [0.2, 0.25) is 0 Å². The standard InChI is InChI=1S/C65H48N2/c1-3-43-27-32-48(33-28-43)66(46-17-7-5-8-18-46)50-36-39-52-45(41-50)31-38-58-62-56-24-12-11-21-53(56)59-42-51(67(47-19-9-6-10-20-47)49-34-29-44(4-2)30-35-49)37-40-57(59)64(62)65(63(52)58)60-25-15-13-22-54(60)55-23-14-16-26-61(55)65/h5-42H,3-4H2,1-2H3. The third-order valence-corrected chi connectivity index (χ3v) is 14.7. The van der Waals surface area contributed by atoms with Gasteiger partial charge in [0.15, 0.2) is 0 Å². The first-order chi connectivity index (χ1) is 33.1. The fourth-order valence-corrected chi connectivity index (χ4v) is 11.8. The molecule has 0 heterocycles. The Morgan fingerprint density at radius 1 is 0.313 bits per heavy atom. The first-order valence-corrected chi connectivity index (χ1v) is 23.8. The van der Waals surface area contributed by atoms with Crippen LogP contribution in [0.15, 0.2) is 231 Å². The van der Waals surface area contributed by atoms with Gasteiger partial charge in [0.2, 0.25) is 0 Å². The van der Waals surface area contributed by atoms with Gasteiger partial charge < -0.3 is 9.80 Å². The normalized spacial score (nSPS) is 12.9. The first-order valence-electron chi connectivity index (χ1n) is 23.8. The smallest absolute Gasteiger partial charge is 0.0737 e. The summed E-state index contributed by atoms with van der Waals surface area (Å²) in [6.45, 7) is 4.43. The molecule has 0 aliphatic heterocycles. The molecule has 2 heteroatoms. The second kappa shape index (κ2) is 15.5. The van der Waals surface area contributed by atoms with Crippen molar-refractivity contribution in [3.05, 3.63) is 264 Å². The molecule has 0 unspecified atom stereocenters. The predicted octanol–water partition coefficient (Wildman–Crippen LogP) is 17.6. The van der Waals surface area contributed by atoms with Gasteiger partial charge in [0.05, 0.1) is 5.41 Å². The van der Waals surface area contributed by atoms with E-state index in [9.17, 15) is 0 Å². The van der Waals surface area contributed by atoms with E-state index in [0.29, 0.717) is 0 Å². The third-order valence-electron chi connectivity index (χ3n) is 14.7. The van der Waals surface area contributed by atoms with Crippen LogP contribution in [0.25, 0.3) is 54.6 Å². The molecule has 11 aromatic rings. The fourth-order valence-electron chi connectivity index (χ4n) is 11.8. The number of anilines is 6. The number of para-hydroxylation sites is 2. The molecule has 318 valence electrons. The Morgan fingerprint density at radius 2 is 0.776 bits per heavy atom. The van der Waals surface area contributed by atoms with Gasteiger partial charge in [0.25, 0.3) is 0 Å². The SMILES string of the molecule is CCc1ccc(N(c2ccccc2)c2ccc3c4c(ccc3c2)-c2c(c3ccc(N(c5ccccc5)c5ccc(CC)cc5)cc3c3ccccc23)C42c3ccccc3-c3ccccc32)cc1. The average molecular weight is 857 g/mol. The molecule has 11 aromatic carbocycles. The van der Waals surface area contributed by atoms with E-state index in [4.69, 9.17) is 0 Å². The van der Waals surface area contributed by atoms with E-state index in [1.165, 1.54) is 88.0 Å². The maximum absolute atomic E-state index is 2.46. The van der Waals surface area contributed by atoms with Gasteiger partial charge in [-0.3, -0.25) is 0 Å². The van der Waals surface area contributed by atoms with Crippen molar-refractivity contribution in [1.29, 1.82) is 0 Å². The molecular formula is C65H48N2. The summed E-state index contributed by atoms with van der Waals surface area (Å²) in [5.41, 5.74) is 19.6. The van der Waals surface area contributed by atoms with Gasteiger partial charge in [-0.1, -0.05) is 172 Å². The highest BCUT2D eigenvalue weighted by atomic mass is 15.1. The van der Waals surface area contributed by atoms with Crippen molar-refractivity contribution in [2.24, 2.45) is 0 Å². The van der Waals surface area contributed by atoms with Crippen molar-refractivity contribution in [1.82, 2.24) is 0 Å². The second-order valence-corrected chi connectivity index (χ2v) is 18.1. The number of aryl methyl sites for hydroxylation is 2. The van der Waals surface area contributed by atoms with Crippen LogP contribution in [0.1, 0.15) is 47.2 Å². The van der Waals surface area contributed by atoms with E-state index in [1.807, 2.05) is 0 Å². The van der Waals surface area contributed by atoms with Crippen molar-refractivity contribution >= 4 is 66.4 Å². The number of hydrogen-bond donors (Lipinski definition) is 0. The van der Waals surface area contributed by atoms with Crippen LogP contribution >= 0.6 is 0 Å². The molecule has 2 nitrogen and oxygen atoms in total. The highest BCUT2D eigenvalue weighted by Crippen LogP contribution is 2.67. The van der Waals surface area contributed by atoms with Crippen molar-refractivity contribution < 1.29 is 0 Å². The zero-order valence-corrected chi connectivity index (χ0v) is 37.7. The molecule has 0 saturated heterocycles. The molecule has 0 N–H and O–H groups in total. The maximum atomic E-state index is 2.46. The minimum Gasteiger partial charge on any atom is -0.310 e. The Hall–Kier alpha value is -8.20. The molecule has 2 aliphatic carbocycles. The molecule has 13 rings (SSSR count). The number of rotatable bonds is 8. The number of fused-ring (bicyclic) bond motifs is 17. The highest BCUT2D eigenvalue weighted by molar-refractivity contribution is 6.22. The molecular weight excluding hydrogens is 809 g/mol. The van der Waals surface area contributed by atoms with Crippen LogP contribution < -0.4 is 9.80 Å². The van der Waals surface area contributed by atoms with Crippen molar-refractivity contribution in [2.75, 3.05) is 9.80 Å². The minimum absolute atomic E-state index is 0.577. The van der Waals surface area contributed by atoms with E-state index in [0.717, 1.165) is 47.0 Å². The Labute approximate surface area is 392 Å². The largest absolute Gasteiger partial charge is 0.310 e. The Kier molecular flexibility index (Phi) is 9.05. The molecule has 67 heavy (non-hydrogen) atoms. The second-order valence-electron chi connectivity index (χ2n) is 18.1. The van der Waals surface area contributed by atoms with Crippen LogP contribution in [0.4, 0.5) is 34.1 Å². The topological polar surface area (TPSA) is 6.48 Å². The van der Waals surface area contributed by atoms with Gasteiger partial charge in [-0.25, -0.2) is 0 Å². The van der Waals surface area contributed by atoms with Crippen LogP contribution in [-0.2, 0) is 18.3 Å². The Morgan fingerprint density at radius 3 is 1.34 bits per heavy atom. The molecule has 2 aliphatic rings. The summed E-state index contributed by atoms with van der Waals surface area (Å²) in [4.78, 5) is 4.81. The van der Waals surface area contributed by atoms with E-state index in [-0.39, 0.29) is 0 Å². The lowest BCUT2D eigenvalue weighted by molar-refractivity contribution is 0.809. The molecule has 0 atom stereocenters. The summed E-state index contributed by atoms with van der Waals surface area (Å²) < 4.78 is 0. The van der Waals surface area contributed by atoms with Crippen LogP contribution in [-0.4, -0.2) is 0 Å². The van der Waals surface area contributed by atoms with Crippen molar-refractivity contribution in [2.45, 2.75) is 32.1 Å². The predicted molar refractivity (Wildman–Crippen MR) is 283 cm³/mol. The molecule has 0 saturated carbocycles. The molecule has 0 amide bonds. The molecule has 0 radical (unpaired) electrons. The van der Waals surface area contributed by atoms with E-state index in [2.05, 4.69) is 254 Å². The molecule has 0 fully saturated rings. The van der Waals surface area contributed by atoms with Crippen LogP contribution in [0.3, 0.4) is 0 Å². The molecule has 1 spiro atoms. The van der Waals surface area contributed by atoms with Gasteiger partial charge in [-0.05, 0) is 174 Å². The van der Waals surface area contributed by atoms with E-state index >= 15 is 0 Å². The van der Waals surface area contributed by atoms with Crippen molar-refractivity contribution in [3.8, 4) is 22.3 Å². The number of benzene rings is 11. The Balaban J connectivity index is 1.10. The minimum atomic E-state index is -0.577. The lowest BCUT2D eigenvalue weighted by atomic mass is 9.68. The Bertz CT molecular complexity index is 3660. The lowest BCUT2D eigenvalue weighted by Gasteiger charge is -2.33. The number of nitrogens with zero attached hydrogens (tertiary/aromatic N) is 2. The summed E-state index contributed by atoms with van der Waals surface area (Å²) in [7, 11) is 0. The summed E-state index contributed by atoms with van der Waals surface area (Å²) >= 11 is 0. The van der Waals surface area contributed by atoms with Crippen LogP contribution in [0, 0.1) is 0 Å². The summed E-state index contributed by atoms with van der Waals surface area (Å²) in [6.07, 6.45) is 2.01. The van der Waals surface area contributed by atoms with E-state index < -0.39 is 5.41 Å². The van der Waals surface area contributed by atoms with Gasteiger partial charge in [-0.2, -0.15) is 0 Å². The van der Waals surface area contributed by atoms with Gasteiger partial charge in [0, 0.05) is 34.1 Å². The molecule has 0 aromatic heterocycles. The van der Waals surface area contributed by atoms with Gasteiger partial charge in [0.1, 0.15) is 0 Å². The summed E-state index contributed by atoms with van der Waals surface area (Å²) in [6, 6.07) is 86.5. The summed E-state index contributed by atoms with van der Waals surface area (Å²) in [5.74, 6) is 0. The summed E-state index contributed by atoms with van der Waals surface area (Å²) in [5, 5.41) is 7.58. The molecule has 0 bridgehead atoms. The van der Waals surface area contributed by atoms with E-state index in [1.54, 1.807) is 0 Å². The first kappa shape index (κ1) is 39.2. The fraction of sp³-hybridized carbons (Fsp3) is 0.0769. The average Bonchev–Trinajstić information content (AvgIpc) is 3.88. The third kappa shape index (κ3) is 5.82. The monoisotopic (exact) mass is 856 g/mol. The lowest BCUT2D eigenvalue weighted by Crippen LogP contribution is -2.26.